The first-order chi connectivity index (χ1) is 13.4. The van der Waals surface area contributed by atoms with E-state index in [2.05, 4.69) is 25.8 Å². The summed E-state index contributed by atoms with van der Waals surface area (Å²) in [7, 11) is 0. The van der Waals surface area contributed by atoms with Gasteiger partial charge in [0, 0.05) is 34.8 Å². The first-order valence-corrected chi connectivity index (χ1v) is 10.5. The summed E-state index contributed by atoms with van der Waals surface area (Å²) in [6.07, 6.45) is 5.85. The fraction of sp³-hybridized carbons (Fsp3) is 0.579. The predicted octanol–water partition coefficient (Wildman–Crippen LogP) is 3.68. The van der Waals surface area contributed by atoms with Crippen molar-refractivity contribution < 1.29 is 14.7 Å². The molecule has 0 bridgehead atoms. The van der Waals surface area contributed by atoms with Gasteiger partial charge >= 0.3 is 6.09 Å². The molecule has 0 spiro atoms. The minimum atomic E-state index is -0.955. The predicted molar refractivity (Wildman–Crippen MR) is 108 cm³/mol. The third-order valence-electron chi connectivity index (χ3n) is 5.27. The van der Waals surface area contributed by atoms with Gasteiger partial charge in [-0.15, -0.1) is 11.3 Å². The van der Waals surface area contributed by atoms with Crippen molar-refractivity contribution in [2.75, 3.05) is 5.32 Å². The lowest BCUT2D eigenvalue weighted by molar-refractivity contribution is -0.115. The van der Waals surface area contributed by atoms with Crippen LogP contribution in [0, 0.1) is 12.8 Å². The molecule has 1 aliphatic rings. The molecule has 1 saturated carbocycles. The van der Waals surface area contributed by atoms with E-state index in [1.165, 1.54) is 11.3 Å². The average Bonchev–Trinajstić information content (AvgIpc) is 3.35. The number of aromatic amines is 1. The number of rotatable bonds is 8. The van der Waals surface area contributed by atoms with Crippen molar-refractivity contribution in [3.05, 3.63) is 27.8 Å². The number of thiazole rings is 1. The second-order valence-corrected chi connectivity index (χ2v) is 8.78. The first-order valence-electron chi connectivity index (χ1n) is 9.68. The van der Waals surface area contributed by atoms with Crippen LogP contribution in [0.25, 0.3) is 0 Å². The van der Waals surface area contributed by atoms with E-state index in [4.69, 9.17) is 5.11 Å². The number of carbonyl (C=O) groups excluding carboxylic acids is 1. The van der Waals surface area contributed by atoms with Gasteiger partial charge in [0.25, 0.3) is 0 Å². The maximum atomic E-state index is 12.2. The molecule has 2 amide bonds. The molecule has 3 atom stereocenters. The summed E-state index contributed by atoms with van der Waals surface area (Å²) in [6, 6.07) is 1.91. The Morgan fingerprint density at radius 2 is 2.25 bits per heavy atom. The van der Waals surface area contributed by atoms with Crippen molar-refractivity contribution in [2.24, 2.45) is 5.92 Å². The number of carbonyl (C=O) groups is 2. The van der Waals surface area contributed by atoms with Gasteiger partial charge in [-0.05, 0) is 44.9 Å². The maximum Gasteiger partial charge on any atom is 0.404 e. The number of amides is 2. The lowest BCUT2D eigenvalue weighted by Crippen LogP contribution is -2.34. The number of hydrogen-bond acceptors (Lipinski definition) is 5. The van der Waals surface area contributed by atoms with E-state index in [0.29, 0.717) is 17.7 Å². The molecule has 8 nitrogen and oxygen atoms in total. The van der Waals surface area contributed by atoms with Crippen molar-refractivity contribution in [3.8, 4) is 0 Å². The topological polar surface area (TPSA) is 120 Å². The van der Waals surface area contributed by atoms with Gasteiger partial charge in [0.1, 0.15) is 5.01 Å². The molecule has 152 valence electrons. The summed E-state index contributed by atoms with van der Waals surface area (Å²) in [5.74, 6) is 1.28. The van der Waals surface area contributed by atoms with E-state index in [1.54, 1.807) is 6.20 Å². The third-order valence-corrected chi connectivity index (χ3v) is 6.18. The number of anilines is 1. The van der Waals surface area contributed by atoms with Gasteiger partial charge in [-0.1, -0.05) is 6.92 Å². The highest BCUT2D eigenvalue weighted by Crippen LogP contribution is 2.40. The molecule has 3 rings (SSSR count). The number of H-pyrrole nitrogens is 1. The van der Waals surface area contributed by atoms with Gasteiger partial charge in [-0.25, -0.2) is 9.78 Å². The zero-order chi connectivity index (χ0) is 20.1. The molecule has 1 aliphatic carbocycles. The second kappa shape index (κ2) is 9.18. The molecule has 28 heavy (non-hydrogen) atoms. The van der Waals surface area contributed by atoms with Crippen LogP contribution in [0.4, 0.5) is 10.6 Å². The minimum Gasteiger partial charge on any atom is -0.465 e. The van der Waals surface area contributed by atoms with E-state index in [1.807, 2.05) is 19.9 Å². The zero-order valence-corrected chi connectivity index (χ0v) is 17.0. The van der Waals surface area contributed by atoms with Crippen LogP contribution in [-0.4, -0.2) is 38.3 Å². The number of nitrogens with one attached hydrogen (secondary N) is 3. The second-order valence-electron chi connectivity index (χ2n) is 7.46. The highest BCUT2D eigenvalue weighted by molar-refractivity contribution is 7.11. The van der Waals surface area contributed by atoms with Crippen LogP contribution in [0.2, 0.25) is 0 Å². The van der Waals surface area contributed by atoms with E-state index in [-0.39, 0.29) is 18.4 Å². The van der Waals surface area contributed by atoms with Gasteiger partial charge in [-0.2, -0.15) is 5.10 Å². The van der Waals surface area contributed by atoms with Crippen LogP contribution in [0.1, 0.15) is 60.5 Å². The van der Waals surface area contributed by atoms with Crippen molar-refractivity contribution in [3.63, 3.8) is 0 Å². The van der Waals surface area contributed by atoms with Crippen LogP contribution in [0.3, 0.4) is 0 Å². The van der Waals surface area contributed by atoms with Gasteiger partial charge in [0.15, 0.2) is 5.82 Å². The molecule has 0 saturated heterocycles. The van der Waals surface area contributed by atoms with Crippen molar-refractivity contribution in [1.82, 2.24) is 20.5 Å². The van der Waals surface area contributed by atoms with Crippen LogP contribution in [0.15, 0.2) is 12.3 Å². The highest BCUT2D eigenvalue weighted by atomic mass is 32.1. The fourth-order valence-corrected chi connectivity index (χ4v) is 4.68. The smallest absolute Gasteiger partial charge is 0.404 e. The number of aryl methyl sites for hydroxylation is 1. The number of aromatic nitrogens is 3. The summed E-state index contributed by atoms with van der Waals surface area (Å²) in [4.78, 5) is 28.3. The molecule has 3 unspecified atom stereocenters. The minimum absolute atomic E-state index is 0.00682. The molecule has 0 aliphatic heterocycles. The van der Waals surface area contributed by atoms with Gasteiger partial charge in [0.05, 0.1) is 6.42 Å². The van der Waals surface area contributed by atoms with Gasteiger partial charge < -0.3 is 15.7 Å². The standard InChI is InChI=1S/C19H27N5O3S/c1-3-14(21-19(26)27)7-12-4-5-13(6-12)15-8-16(24-23-15)22-17(25)9-18-20-10-11(2)28-18/h8,10,12-14,21H,3-7,9H2,1-2H3,(H,26,27)(H2,22,23,24,25). The van der Waals surface area contributed by atoms with Crippen molar-refractivity contribution >= 4 is 29.2 Å². The molecular formula is C19H27N5O3S. The Labute approximate surface area is 168 Å². The Balaban J connectivity index is 1.50. The Bertz CT molecular complexity index is 818. The quantitative estimate of drug-likeness (QED) is 0.534. The normalized spacial score (nSPS) is 20.1. The Kier molecular flexibility index (Phi) is 6.66. The molecule has 1 fully saturated rings. The molecule has 0 radical (unpaired) electrons. The molecule has 9 heteroatoms. The lowest BCUT2D eigenvalue weighted by Gasteiger charge is -2.19. The highest BCUT2D eigenvalue weighted by Gasteiger charge is 2.29. The van der Waals surface area contributed by atoms with Crippen molar-refractivity contribution in [2.45, 2.75) is 64.3 Å². The Hall–Kier alpha value is -2.42. The number of nitrogens with zero attached hydrogens (tertiary/aromatic N) is 2. The summed E-state index contributed by atoms with van der Waals surface area (Å²) < 4.78 is 0. The first kappa shape index (κ1) is 20.3. The molecular weight excluding hydrogens is 378 g/mol. The molecule has 2 aromatic heterocycles. The van der Waals surface area contributed by atoms with Crippen LogP contribution < -0.4 is 10.6 Å². The molecule has 0 aromatic carbocycles. The summed E-state index contributed by atoms with van der Waals surface area (Å²) >= 11 is 1.52. The van der Waals surface area contributed by atoms with Crippen molar-refractivity contribution in [1.29, 1.82) is 0 Å². The van der Waals surface area contributed by atoms with E-state index in [9.17, 15) is 9.59 Å². The largest absolute Gasteiger partial charge is 0.465 e. The molecule has 2 aromatic rings. The summed E-state index contributed by atoms with van der Waals surface area (Å²) in [5.41, 5.74) is 1.03. The van der Waals surface area contributed by atoms with E-state index in [0.717, 1.165) is 47.7 Å². The lowest BCUT2D eigenvalue weighted by atomic mass is 9.95. The van der Waals surface area contributed by atoms with Crippen LogP contribution in [0.5, 0.6) is 0 Å². The number of hydrogen-bond donors (Lipinski definition) is 4. The number of carboxylic acid groups (broad SMARTS) is 1. The average molecular weight is 406 g/mol. The fourth-order valence-electron chi connectivity index (χ4n) is 3.89. The third kappa shape index (κ3) is 5.54. The van der Waals surface area contributed by atoms with Gasteiger partial charge in [0.2, 0.25) is 5.91 Å². The van der Waals surface area contributed by atoms with E-state index < -0.39 is 6.09 Å². The SMILES string of the molecule is CCC(CC1CCC(c2cc(NC(=O)Cc3ncc(C)s3)n[nH]2)C1)NC(=O)O. The summed E-state index contributed by atoms with van der Waals surface area (Å²) in [6.45, 7) is 3.97. The Morgan fingerprint density at radius 3 is 2.93 bits per heavy atom. The van der Waals surface area contributed by atoms with Crippen LogP contribution >= 0.6 is 11.3 Å². The Morgan fingerprint density at radius 1 is 1.43 bits per heavy atom. The molecule has 4 N–H and O–H groups in total. The van der Waals surface area contributed by atoms with Crippen LogP contribution in [-0.2, 0) is 11.2 Å². The van der Waals surface area contributed by atoms with E-state index >= 15 is 0 Å². The van der Waals surface area contributed by atoms with Gasteiger partial charge in [-0.3, -0.25) is 9.89 Å². The summed E-state index contributed by atoms with van der Waals surface area (Å²) in [5, 5.41) is 22.4. The maximum absolute atomic E-state index is 12.2. The monoisotopic (exact) mass is 405 g/mol. The molecule has 2 heterocycles. The zero-order valence-electron chi connectivity index (χ0n) is 16.2.